The van der Waals surface area contributed by atoms with E-state index in [9.17, 15) is 4.79 Å². The van der Waals surface area contributed by atoms with Gasteiger partial charge in [0, 0.05) is 5.56 Å². The number of carbonyl (C=O) groups excluding carboxylic acids is 1. The molecule has 3 aliphatic heterocycles. The van der Waals surface area contributed by atoms with Crippen LogP contribution in [0.3, 0.4) is 0 Å². The number of rotatable bonds is 7. The average molecular weight is 626 g/mol. The van der Waals surface area contributed by atoms with Gasteiger partial charge in [0.1, 0.15) is 24.1 Å². The molecule has 232 valence electrons. The van der Waals surface area contributed by atoms with Crippen molar-refractivity contribution in [2.75, 3.05) is 18.5 Å². The predicted molar refractivity (Wildman–Crippen MR) is 166 cm³/mol. The number of nitrogens with zero attached hydrogens (tertiary/aromatic N) is 4. The van der Waals surface area contributed by atoms with Gasteiger partial charge in [0.25, 0.3) is 5.91 Å². The van der Waals surface area contributed by atoms with Gasteiger partial charge >= 0.3 is 17.1 Å². The van der Waals surface area contributed by atoms with E-state index < -0.39 is 35.1 Å². The third-order valence-electron chi connectivity index (χ3n) is 9.27. The van der Waals surface area contributed by atoms with Crippen LogP contribution in [-0.4, -0.2) is 73.6 Å². The van der Waals surface area contributed by atoms with Gasteiger partial charge in [-0.2, -0.15) is 0 Å². The van der Waals surface area contributed by atoms with Gasteiger partial charge in [0.05, 0.1) is 19.5 Å². The highest BCUT2D eigenvalue weighted by Crippen LogP contribution is 2.54. The average Bonchev–Trinajstić information content (AvgIpc) is 3.63. The maximum atomic E-state index is 12.9. The van der Waals surface area contributed by atoms with Gasteiger partial charge in [-0.15, -0.1) is 0 Å². The lowest BCUT2D eigenvalue weighted by molar-refractivity contribution is -0.186. The number of ether oxygens (including phenoxy) is 2. The van der Waals surface area contributed by atoms with Gasteiger partial charge in [-0.05, 0) is 34.3 Å². The Morgan fingerprint density at radius 2 is 1.60 bits per heavy atom. The summed E-state index contributed by atoms with van der Waals surface area (Å²) < 4.78 is 37.0. The third-order valence-corrected chi connectivity index (χ3v) is 19.5. The minimum absolute atomic E-state index is 0.187. The lowest BCUT2D eigenvalue weighted by atomic mass is 10.0. The molecule has 3 aromatic rings. The highest BCUT2D eigenvalue weighted by atomic mass is 28.5. The van der Waals surface area contributed by atoms with Crippen molar-refractivity contribution >= 4 is 40.0 Å². The lowest BCUT2D eigenvalue weighted by Crippen LogP contribution is -2.67. The molecule has 2 aromatic heterocycles. The number of hydrogen-bond acceptors (Lipinski definition) is 9. The molecule has 0 unspecified atom stereocenters. The van der Waals surface area contributed by atoms with Gasteiger partial charge in [-0.25, -0.2) is 15.0 Å². The molecule has 0 aliphatic carbocycles. The first-order valence-corrected chi connectivity index (χ1v) is 19.2. The zero-order chi connectivity index (χ0) is 30.7. The molecule has 3 saturated heterocycles. The molecule has 6 rings (SSSR count). The number of fused-ring (bicyclic) bond motifs is 1. The molecular weight excluding hydrogens is 583 g/mol. The number of aromatic nitrogens is 4. The Balaban J connectivity index is 1.37. The van der Waals surface area contributed by atoms with Crippen LogP contribution in [0.1, 0.15) is 72.0 Å². The molecule has 1 N–H and O–H groups in total. The number of benzene rings is 1. The highest BCUT2D eigenvalue weighted by Gasteiger charge is 2.69. The lowest BCUT2D eigenvalue weighted by Gasteiger charge is -2.52. The summed E-state index contributed by atoms with van der Waals surface area (Å²) in [4.78, 5) is 26.4. The van der Waals surface area contributed by atoms with Crippen LogP contribution in [0.4, 0.5) is 5.82 Å². The summed E-state index contributed by atoms with van der Waals surface area (Å²) in [6, 6.07) is 8.99. The second-order valence-corrected chi connectivity index (χ2v) is 22.1. The van der Waals surface area contributed by atoms with Crippen LogP contribution in [-0.2, 0) is 22.4 Å². The normalized spacial score (nSPS) is 28.0. The maximum absolute atomic E-state index is 12.9. The highest BCUT2D eigenvalue weighted by molar-refractivity contribution is 6.84. The second kappa shape index (κ2) is 11.1. The molecule has 2 bridgehead atoms. The third kappa shape index (κ3) is 4.80. The van der Waals surface area contributed by atoms with E-state index in [0.29, 0.717) is 35.8 Å². The zero-order valence-electron chi connectivity index (χ0n) is 26.2. The number of amides is 1. The topological polar surface area (TPSA) is 119 Å². The summed E-state index contributed by atoms with van der Waals surface area (Å²) in [7, 11) is -5.61. The van der Waals surface area contributed by atoms with Crippen molar-refractivity contribution in [1.82, 2.24) is 19.5 Å². The van der Waals surface area contributed by atoms with Gasteiger partial charge in [-0.1, -0.05) is 73.6 Å². The van der Waals surface area contributed by atoms with Crippen molar-refractivity contribution in [2.45, 2.75) is 102 Å². The largest absolute Gasteiger partial charge is 0.414 e. The number of hydrogen-bond donors (Lipinski definition) is 1. The summed E-state index contributed by atoms with van der Waals surface area (Å²) in [5.41, 5.74) is 1.55. The molecule has 4 atom stereocenters. The van der Waals surface area contributed by atoms with E-state index in [-0.39, 0.29) is 34.2 Å². The van der Waals surface area contributed by atoms with Crippen molar-refractivity contribution in [3.63, 3.8) is 0 Å². The van der Waals surface area contributed by atoms with Crippen molar-refractivity contribution < 1.29 is 27.2 Å². The van der Waals surface area contributed by atoms with Gasteiger partial charge < -0.3 is 27.8 Å². The fourth-order valence-corrected chi connectivity index (χ4v) is 18.2. The van der Waals surface area contributed by atoms with Crippen molar-refractivity contribution in [2.24, 2.45) is 0 Å². The number of imidazole rings is 1. The van der Waals surface area contributed by atoms with E-state index >= 15 is 0 Å². The predicted octanol–water partition coefficient (Wildman–Crippen LogP) is 5.70. The zero-order valence-corrected chi connectivity index (χ0v) is 28.2. The summed E-state index contributed by atoms with van der Waals surface area (Å²) >= 11 is 0. The minimum atomic E-state index is -2.86. The molecule has 5 heterocycles. The Labute approximate surface area is 255 Å². The fraction of sp³-hybridized carbons (Fsp3) is 0.600. The van der Waals surface area contributed by atoms with Crippen LogP contribution in [0.15, 0.2) is 43.0 Å². The second-order valence-electron chi connectivity index (χ2n) is 13.2. The number of anilines is 1. The molecule has 3 aliphatic rings. The van der Waals surface area contributed by atoms with Gasteiger partial charge in [-0.3, -0.25) is 9.36 Å². The first-order chi connectivity index (χ1) is 20.4. The molecular formula is C30H43N5O6Si2. The summed E-state index contributed by atoms with van der Waals surface area (Å²) in [6.45, 7) is 18.4. The van der Waals surface area contributed by atoms with Crippen LogP contribution >= 0.6 is 0 Å². The Hall–Kier alpha value is -2.53. The van der Waals surface area contributed by atoms with Crippen LogP contribution in [0.2, 0.25) is 22.2 Å². The monoisotopic (exact) mass is 625 g/mol. The summed E-state index contributed by atoms with van der Waals surface area (Å²) in [6.07, 6.45) is 1.74. The molecule has 0 saturated carbocycles. The molecule has 1 amide bonds. The van der Waals surface area contributed by atoms with E-state index in [0.717, 1.165) is 0 Å². The molecule has 0 spiro atoms. The van der Waals surface area contributed by atoms with E-state index in [1.807, 2.05) is 22.8 Å². The Bertz CT molecular complexity index is 1470. The van der Waals surface area contributed by atoms with E-state index in [2.05, 4.69) is 75.7 Å². The SMILES string of the molecule is CC(C)[Si]1(C(C)C)OC[C@@]23CO[C@@H]([C@H](n4cnc5c(NC(=O)c6ccccc6)ncnc54)O2)[C@@H]3O[Si](C(C)C)(C(C)C)O1. The Kier molecular flexibility index (Phi) is 7.89. The summed E-state index contributed by atoms with van der Waals surface area (Å²) in [5.74, 6) is 0.0544. The molecule has 3 fully saturated rings. The van der Waals surface area contributed by atoms with Crippen LogP contribution < -0.4 is 5.32 Å². The molecule has 1 aromatic carbocycles. The quantitative estimate of drug-likeness (QED) is 0.330. The molecule has 13 heteroatoms. The van der Waals surface area contributed by atoms with Crippen LogP contribution in [0, 0.1) is 0 Å². The number of nitrogens with one attached hydrogen (secondary N) is 1. The van der Waals surface area contributed by atoms with Crippen molar-refractivity contribution in [3.8, 4) is 0 Å². The van der Waals surface area contributed by atoms with Crippen molar-refractivity contribution in [3.05, 3.63) is 48.5 Å². The summed E-state index contributed by atoms with van der Waals surface area (Å²) in [5, 5.41) is 2.88. The van der Waals surface area contributed by atoms with E-state index in [1.54, 1.807) is 18.5 Å². The van der Waals surface area contributed by atoms with Crippen molar-refractivity contribution in [1.29, 1.82) is 0 Å². The molecule has 11 nitrogen and oxygen atoms in total. The minimum Gasteiger partial charge on any atom is -0.414 e. The standard InChI is InChI=1S/C30H43N5O6Si2/c1-18(2)42(19(3)4)38-15-30-14-37-24(25(30)40-43(41-42,20(5)6)21(7)8)29(39-30)35-17-33-23-26(31-16-32-27(23)35)34-28(36)22-12-10-9-11-13-22/h9-13,16-21,24-25,29H,14-15H2,1-8H3,(H,31,32,34,36)/t24-,25+,29-,30-/m1/s1. The maximum Gasteiger partial charge on any atom is 0.335 e. The first-order valence-electron chi connectivity index (χ1n) is 15.3. The number of carbonyl (C=O) groups is 1. The van der Waals surface area contributed by atoms with Gasteiger partial charge in [0.15, 0.2) is 23.2 Å². The molecule has 0 radical (unpaired) electrons. The van der Waals surface area contributed by atoms with E-state index in [1.165, 1.54) is 6.33 Å². The van der Waals surface area contributed by atoms with Crippen LogP contribution in [0.25, 0.3) is 11.2 Å². The van der Waals surface area contributed by atoms with E-state index in [4.69, 9.17) is 22.4 Å². The first kappa shape index (κ1) is 30.5. The smallest absolute Gasteiger partial charge is 0.335 e. The molecule has 43 heavy (non-hydrogen) atoms. The Morgan fingerprint density at radius 3 is 2.26 bits per heavy atom. The van der Waals surface area contributed by atoms with Gasteiger partial charge in [0.2, 0.25) is 0 Å². The Morgan fingerprint density at radius 1 is 0.930 bits per heavy atom. The fourth-order valence-electron chi connectivity index (χ4n) is 6.94. The van der Waals surface area contributed by atoms with Crippen LogP contribution in [0.5, 0.6) is 0 Å².